The van der Waals surface area contributed by atoms with Gasteiger partial charge in [-0.05, 0) is 85.8 Å². The number of non-ortho nitro benzene ring substituents is 1. The zero-order chi connectivity index (χ0) is 39.9. The molecule has 0 spiro atoms. The van der Waals surface area contributed by atoms with Gasteiger partial charge in [-0.3, -0.25) is 14.9 Å². The molecule has 0 saturated heterocycles. The van der Waals surface area contributed by atoms with Crippen LogP contribution in [0.25, 0.3) is 0 Å². The summed E-state index contributed by atoms with van der Waals surface area (Å²) in [4.78, 5) is 33.1. The molecule has 2 N–H and O–H groups in total. The number of nitro benzene ring substituents is 1. The van der Waals surface area contributed by atoms with Crippen LogP contribution in [0.15, 0.2) is 102 Å². The summed E-state index contributed by atoms with van der Waals surface area (Å²) in [6.07, 6.45) is 10.6. The lowest BCUT2D eigenvalue weighted by Crippen LogP contribution is -2.69. The minimum absolute atomic E-state index is 0.0427. The lowest BCUT2D eigenvalue weighted by atomic mass is 9.55. The number of hydrogen-bond donors (Lipinski definition) is 2. The van der Waals surface area contributed by atoms with E-state index in [1.807, 2.05) is 49.5 Å². The molecule has 6 atom stereocenters. The number of hydrogen-bond acceptors (Lipinski definition) is 10. The first kappa shape index (κ1) is 40.2. The van der Waals surface area contributed by atoms with Gasteiger partial charge in [-0.15, -0.1) is 6.58 Å². The van der Waals surface area contributed by atoms with Gasteiger partial charge >= 0.3 is 0 Å². The van der Waals surface area contributed by atoms with Gasteiger partial charge in [0, 0.05) is 50.1 Å². The molecule has 2 fully saturated rings. The van der Waals surface area contributed by atoms with Crippen LogP contribution in [-0.4, -0.2) is 70.4 Å². The Hall–Kier alpha value is -5.04. The zero-order valence-corrected chi connectivity index (χ0v) is 32.5. The maximum Gasteiger partial charge on any atom is 0.273 e. The minimum atomic E-state index is -1.33. The molecule has 0 bridgehead atoms. The molecule has 1 heterocycles. The van der Waals surface area contributed by atoms with Crippen molar-refractivity contribution in [1.82, 2.24) is 4.90 Å². The van der Waals surface area contributed by atoms with Crippen LogP contribution in [0.1, 0.15) is 74.8 Å². The second-order valence-corrected chi connectivity index (χ2v) is 15.6. The number of allylic oxidation sites excluding steroid dienone is 1. The zero-order valence-electron chi connectivity index (χ0n) is 32.5. The molecule has 0 unspecified atom stereocenters. The van der Waals surface area contributed by atoms with E-state index in [9.17, 15) is 25.1 Å². The quantitative estimate of drug-likeness (QED) is 0.0532. The number of likely N-dealkylation sites (N-methyl/N-ethyl adjacent to an activating group) is 1. The molecule has 7 rings (SSSR count). The monoisotopic (exact) mass is 779 g/mol. The number of aliphatic hydroxyl groups excluding tert-OH is 2. The van der Waals surface area contributed by atoms with Gasteiger partial charge in [0.05, 0.1) is 29.2 Å². The number of carbonyl (C=O) groups is 1. The largest absolute Gasteiger partial charge is 0.459 e. The highest BCUT2D eigenvalue weighted by Gasteiger charge is 2.65. The summed E-state index contributed by atoms with van der Waals surface area (Å²) in [7, 11) is 1.84. The smallest absolute Gasteiger partial charge is 0.273 e. The molecule has 3 aromatic carbocycles. The average molecular weight is 780 g/mol. The summed E-state index contributed by atoms with van der Waals surface area (Å²) >= 11 is 0. The van der Waals surface area contributed by atoms with Crippen LogP contribution < -0.4 is 9.47 Å². The van der Waals surface area contributed by atoms with Crippen LogP contribution in [0.4, 0.5) is 5.69 Å². The molecule has 1 aliphatic heterocycles. The molecule has 1 amide bonds. The van der Waals surface area contributed by atoms with Gasteiger partial charge in [0.15, 0.2) is 0 Å². The van der Waals surface area contributed by atoms with Crippen LogP contribution >= 0.6 is 0 Å². The molecule has 12 nitrogen and oxygen atoms in total. The number of unbranched alkanes of at least 4 members (excludes halogenated alkanes) is 2. The SMILES string of the molecule is C=CCO[C@@]12Oc3ccc(Oc4cccc([N+](=O)[O-])c4)cc3[C@H]3[C@H](CCCCO)[C@@H](CCCCO)C=C(C(=NOCc4ccccc4)C[C@@H]1N(C)C(=O)C1CC1)[C@H]32. The van der Waals surface area contributed by atoms with E-state index in [1.54, 1.807) is 29.2 Å². The van der Waals surface area contributed by atoms with E-state index in [0.29, 0.717) is 36.5 Å². The molecular weight excluding hydrogens is 727 g/mol. The second-order valence-electron chi connectivity index (χ2n) is 15.6. The van der Waals surface area contributed by atoms with Crippen molar-refractivity contribution in [2.24, 2.45) is 28.8 Å². The first-order valence-corrected chi connectivity index (χ1v) is 20.2. The molecule has 4 aliphatic rings. The Balaban J connectivity index is 1.40. The van der Waals surface area contributed by atoms with E-state index in [1.165, 1.54) is 12.1 Å². The Kier molecular flexibility index (Phi) is 12.7. The number of carbonyl (C=O) groups excluding carboxylic acids is 1. The number of fused-ring (bicyclic) bond motifs is 2. The van der Waals surface area contributed by atoms with Gasteiger partial charge in [-0.2, -0.15) is 0 Å². The highest BCUT2D eigenvalue weighted by atomic mass is 16.7. The second kappa shape index (κ2) is 18.0. The number of amides is 1. The Bertz CT molecular complexity index is 1960. The number of rotatable bonds is 19. The van der Waals surface area contributed by atoms with Crippen LogP contribution in [0.5, 0.6) is 17.2 Å². The van der Waals surface area contributed by atoms with Crippen molar-refractivity contribution in [3.05, 3.63) is 118 Å². The van der Waals surface area contributed by atoms with E-state index in [2.05, 4.69) is 12.7 Å². The summed E-state index contributed by atoms with van der Waals surface area (Å²) < 4.78 is 20.5. The Morgan fingerprint density at radius 1 is 1.02 bits per heavy atom. The molecule has 302 valence electrons. The van der Waals surface area contributed by atoms with Crippen molar-refractivity contribution >= 4 is 17.3 Å². The Labute approximate surface area is 333 Å². The van der Waals surface area contributed by atoms with Crippen LogP contribution in [-0.2, 0) is 21.0 Å². The number of nitrogens with zero attached hydrogens (tertiary/aromatic N) is 3. The Morgan fingerprint density at radius 2 is 1.77 bits per heavy atom. The van der Waals surface area contributed by atoms with Crippen LogP contribution in [0, 0.1) is 33.8 Å². The van der Waals surface area contributed by atoms with E-state index in [-0.39, 0.29) is 61.7 Å². The highest BCUT2D eigenvalue weighted by Crippen LogP contribution is 2.62. The third-order valence-electron chi connectivity index (χ3n) is 11.9. The first-order chi connectivity index (χ1) is 27.8. The standard InChI is InChI=1S/C45H53N3O9/c1-3-24-54-45-41(47(2)44(51)31-18-19-31)28-39(46-55-29-30-12-5-4-6-13-30)37-25-32(14-7-9-22-49)36(17-8-10-23-50)42(43(37)45)38-27-35(20-21-40(38)57-45)56-34-16-11-15-33(26-34)48(52)53/h3-6,11-13,15-16,20-21,25-27,31-32,36,41-43,49-50H,1,7-10,14,17-19,22-24,28-29H2,2H3/t32-,36+,41-,42+,43+,45+/m0/s1. The molecule has 3 aliphatic carbocycles. The fourth-order valence-corrected chi connectivity index (χ4v) is 9.12. The first-order valence-electron chi connectivity index (χ1n) is 20.2. The number of oxime groups is 1. The lowest BCUT2D eigenvalue weighted by molar-refractivity contribution is -0.384. The number of ether oxygens (including phenoxy) is 3. The van der Waals surface area contributed by atoms with Crippen LogP contribution in [0.2, 0.25) is 0 Å². The van der Waals surface area contributed by atoms with Crippen molar-refractivity contribution in [3.8, 4) is 17.2 Å². The molecule has 3 aromatic rings. The van der Waals surface area contributed by atoms with Gasteiger partial charge in [0.2, 0.25) is 11.7 Å². The van der Waals surface area contributed by atoms with Crippen molar-refractivity contribution in [2.45, 2.75) is 82.1 Å². The predicted molar refractivity (Wildman–Crippen MR) is 215 cm³/mol. The van der Waals surface area contributed by atoms with Gasteiger partial charge < -0.3 is 34.2 Å². The molecule has 12 heteroatoms. The molecular formula is C45H53N3O9. The molecule has 57 heavy (non-hydrogen) atoms. The van der Waals surface area contributed by atoms with E-state index < -0.39 is 22.7 Å². The fourth-order valence-electron chi connectivity index (χ4n) is 9.12. The van der Waals surface area contributed by atoms with Gasteiger partial charge in [-0.25, -0.2) is 0 Å². The number of aliphatic hydroxyl groups is 2. The summed E-state index contributed by atoms with van der Waals surface area (Å²) in [5, 5.41) is 36.2. The van der Waals surface area contributed by atoms with Crippen LogP contribution in [0.3, 0.4) is 0 Å². The van der Waals surface area contributed by atoms with E-state index >= 15 is 0 Å². The van der Waals surface area contributed by atoms with Gasteiger partial charge in [0.25, 0.3) is 5.69 Å². The third-order valence-corrected chi connectivity index (χ3v) is 11.9. The Morgan fingerprint density at radius 3 is 2.49 bits per heavy atom. The van der Waals surface area contributed by atoms with Crippen molar-refractivity contribution in [1.29, 1.82) is 0 Å². The normalized spacial score (nSPS) is 25.4. The number of benzene rings is 3. The molecule has 2 saturated carbocycles. The predicted octanol–water partition coefficient (Wildman–Crippen LogP) is 8.09. The van der Waals surface area contributed by atoms with E-state index in [4.69, 9.17) is 24.2 Å². The van der Waals surface area contributed by atoms with Gasteiger partial charge in [-0.1, -0.05) is 66.5 Å². The summed E-state index contributed by atoms with van der Waals surface area (Å²) in [6, 6.07) is 21.0. The maximum atomic E-state index is 14.0. The van der Waals surface area contributed by atoms with Crippen molar-refractivity contribution in [2.75, 3.05) is 26.9 Å². The fraction of sp³-hybridized carbons (Fsp3) is 0.467. The lowest BCUT2D eigenvalue weighted by Gasteiger charge is -2.59. The van der Waals surface area contributed by atoms with Gasteiger partial charge in [0.1, 0.15) is 29.9 Å². The average Bonchev–Trinajstić information content (AvgIpc) is 4.08. The van der Waals surface area contributed by atoms with Crippen molar-refractivity contribution < 1.29 is 39.0 Å². The maximum absolute atomic E-state index is 14.0. The minimum Gasteiger partial charge on any atom is -0.459 e. The molecule has 0 aromatic heterocycles. The third kappa shape index (κ3) is 8.63. The topological polar surface area (TPSA) is 153 Å². The van der Waals surface area contributed by atoms with E-state index in [0.717, 1.165) is 60.9 Å². The molecule has 0 radical (unpaired) electrons. The van der Waals surface area contributed by atoms with Crippen molar-refractivity contribution in [3.63, 3.8) is 0 Å². The number of nitro groups is 1. The summed E-state index contributed by atoms with van der Waals surface area (Å²) in [6.45, 7) is 4.61. The summed E-state index contributed by atoms with van der Waals surface area (Å²) in [5.41, 5.74) is 3.48. The highest BCUT2D eigenvalue weighted by molar-refractivity contribution is 6.03. The summed E-state index contributed by atoms with van der Waals surface area (Å²) in [5.74, 6) is -0.468.